The zero-order valence-corrected chi connectivity index (χ0v) is 13.8. The first-order valence-corrected chi connectivity index (χ1v) is 8.13. The van der Waals surface area contributed by atoms with Crippen molar-refractivity contribution in [3.63, 3.8) is 0 Å². The molecule has 2 aromatic rings. The molecule has 0 saturated heterocycles. The molecule has 25 heavy (non-hydrogen) atoms. The first kappa shape index (κ1) is 17.0. The Bertz CT molecular complexity index is 748. The average Bonchev–Trinajstić information content (AvgIpc) is 2.66. The molecule has 0 aromatic heterocycles. The maximum Gasteiger partial charge on any atom is 0.308 e. The number of benzene rings is 2. The quantitative estimate of drug-likeness (QED) is 0.841. The van der Waals surface area contributed by atoms with E-state index in [2.05, 4.69) is 0 Å². The molecule has 0 saturated carbocycles. The Kier molecular flexibility index (Phi) is 5.30. The van der Waals surface area contributed by atoms with Crippen LogP contribution in [0, 0.1) is 0 Å². The van der Waals surface area contributed by atoms with Crippen molar-refractivity contribution in [2.75, 3.05) is 18.1 Å². The molecule has 0 fully saturated rings. The van der Waals surface area contributed by atoms with Crippen LogP contribution >= 0.6 is 0 Å². The predicted octanol–water partition coefficient (Wildman–Crippen LogP) is 1.87. The van der Waals surface area contributed by atoms with Crippen molar-refractivity contribution < 1.29 is 19.1 Å². The third kappa shape index (κ3) is 4.16. The zero-order valence-electron chi connectivity index (χ0n) is 13.8. The second kappa shape index (κ2) is 7.81. The first-order chi connectivity index (χ1) is 12.1. The molecule has 1 atom stereocenters. The molecule has 0 spiro atoms. The third-order valence-electron chi connectivity index (χ3n) is 3.94. The fourth-order valence-electron chi connectivity index (χ4n) is 2.66. The Labute approximate surface area is 146 Å². The number of anilines is 1. The van der Waals surface area contributed by atoms with Crippen LogP contribution in [0.2, 0.25) is 0 Å². The molecule has 0 radical (unpaired) electrons. The van der Waals surface area contributed by atoms with E-state index >= 15 is 0 Å². The van der Waals surface area contributed by atoms with E-state index < -0.39 is 12.0 Å². The smallest absolute Gasteiger partial charge is 0.308 e. The molecule has 1 aliphatic rings. The van der Waals surface area contributed by atoms with Gasteiger partial charge in [-0.05, 0) is 17.7 Å². The Balaban J connectivity index is 1.57. The number of nitrogens with zero attached hydrogens (tertiary/aromatic N) is 1. The second-order valence-corrected chi connectivity index (χ2v) is 5.76. The number of amides is 1. The maximum atomic E-state index is 12.6. The van der Waals surface area contributed by atoms with Crippen LogP contribution in [0.25, 0.3) is 0 Å². The van der Waals surface area contributed by atoms with Crippen molar-refractivity contribution in [1.82, 2.24) is 0 Å². The molecular weight excluding hydrogens is 320 g/mol. The monoisotopic (exact) mass is 340 g/mol. The molecule has 0 unspecified atom stereocenters. The molecule has 2 N–H and O–H groups in total. The molecule has 2 aromatic carbocycles. The average molecular weight is 340 g/mol. The summed E-state index contributed by atoms with van der Waals surface area (Å²) < 4.78 is 10.7. The number of hydrogen-bond acceptors (Lipinski definition) is 5. The van der Waals surface area contributed by atoms with Crippen LogP contribution < -0.4 is 15.4 Å². The Morgan fingerprint density at radius 2 is 1.84 bits per heavy atom. The van der Waals surface area contributed by atoms with Crippen LogP contribution in [0.15, 0.2) is 54.6 Å². The van der Waals surface area contributed by atoms with E-state index in [1.807, 2.05) is 42.5 Å². The van der Waals surface area contributed by atoms with Crippen molar-refractivity contribution in [2.24, 2.45) is 5.73 Å². The van der Waals surface area contributed by atoms with Gasteiger partial charge in [0.1, 0.15) is 19.0 Å². The number of hydrogen-bond donors (Lipinski definition) is 1. The number of ether oxygens (including phenoxy) is 2. The molecule has 0 aliphatic carbocycles. The van der Waals surface area contributed by atoms with Gasteiger partial charge in [-0.1, -0.05) is 42.5 Å². The number of esters is 1. The highest BCUT2D eigenvalue weighted by atomic mass is 16.5. The van der Waals surface area contributed by atoms with Crippen molar-refractivity contribution in [1.29, 1.82) is 0 Å². The largest absolute Gasteiger partial charge is 0.490 e. The van der Waals surface area contributed by atoms with E-state index in [4.69, 9.17) is 15.2 Å². The summed E-state index contributed by atoms with van der Waals surface area (Å²) in [6.45, 7) is 0.970. The van der Waals surface area contributed by atoms with Crippen LogP contribution in [0.5, 0.6) is 5.75 Å². The van der Waals surface area contributed by atoms with E-state index in [0.717, 1.165) is 5.56 Å². The number of carbonyl (C=O) groups is 2. The van der Waals surface area contributed by atoms with Gasteiger partial charge in [-0.2, -0.15) is 0 Å². The Morgan fingerprint density at radius 1 is 1.12 bits per heavy atom. The van der Waals surface area contributed by atoms with Gasteiger partial charge in [0.25, 0.3) is 0 Å². The number of nitrogens with two attached hydrogens (primary N) is 1. The predicted molar refractivity (Wildman–Crippen MR) is 93.1 cm³/mol. The second-order valence-electron chi connectivity index (χ2n) is 5.76. The normalized spacial score (nSPS) is 14.2. The van der Waals surface area contributed by atoms with Gasteiger partial charge in [-0.25, -0.2) is 0 Å². The van der Waals surface area contributed by atoms with Gasteiger partial charge < -0.3 is 20.1 Å². The van der Waals surface area contributed by atoms with Gasteiger partial charge >= 0.3 is 5.97 Å². The van der Waals surface area contributed by atoms with Gasteiger partial charge in [0.15, 0.2) is 0 Å². The van der Waals surface area contributed by atoms with Gasteiger partial charge in [-0.15, -0.1) is 0 Å². The van der Waals surface area contributed by atoms with Gasteiger partial charge in [0, 0.05) is 0 Å². The lowest BCUT2D eigenvalue weighted by Crippen LogP contribution is -2.48. The molecule has 6 nitrogen and oxygen atoms in total. The highest BCUT2D eigenvalue weighted by Crippen LogP contribution is 2.31. The summed E-state index contributed by atoms with van der Waals surface area (Å²) in [5, 5.41) is 0. The minimum Gasteiger partial charge on any atom is -0.490 e. The van der Waals surface area contributed by atoms with E-state index in [1.165, 1.54) is 0 Å². The van der Waals surface area contributed by atoms with Crippen LogP contribution in [0.1, 0.15) is 12.0 Å². The standard InChI is InChI=1S/C19H20N2O4/c20-15(12-18(22)25-13-14-6-2-1-3-7-14)19(23)21-10-11-24-17-9-5-4-8-16(17)21/h1-9,15H,10-13,20H2/t15-/m0/s1. The summed E-state index contributed by atoms with van der Waals surface area (Å²) in [5.41, 5.74) is 7.50. The van der Waals surface area contributed by atoms with E-state index in [1.54, 1.807) is 17.0 Å². The van der Waals surface area contributed by atoms with E-state index in [-0.39, 0.29) is 18.9 Å². The zero-order chi connectivity index (χ0) is 17.6. The lowest BCUT2D eigenvalue weighted by molar-refractivity contribution is -0.146. The highest BCUT2D eigenvalue weighted by Gasteiger charge is 2.29. The van der Waals surface area contributed by atoms with Crippen LogP contribution in [0.4, 0.5) is 5.69 Å². The molecule has 3 rings (SSSR count). The van der Waals surface area contributed by atoms with Gasteiger partial charge in [-0.3, -0.25) is 9.59 Å². The summed E-state index contributed by atoms with van der Waals surface area (Å²) >= 11 is 0. The van der Waals surface area contributed by atoms with Crippen molar-refractivity contribution in [2.45, 2.75) is 19.1 Å². The molecule has 0 bridgehead atoms. The molecule has 6 heteroatoms. The van der Waals surface area contributed by atoms with Gasteiger partial charge in [0.2, 0.25) is 5.91 Å². The Hall–Kier alpha value is -2.86. The maximum absolute atomic E-state index is 12.6. The number of fused-ring (bicyclic) bond motifs is 1. The topological polar surface area (TPSA) is 81.9 Å². The van der Waals surface area contributed by atoms with Gasteiger partial charge in [0.05, 0.1) is 24.7 Å². The van der Waals surface area contributed by atoms with Crippen LogP contribution in [0.3, 0.4) is 0 Å². The summed E-state index contributed by atoms with van der Waals surface area (Å²) in [7, 11) is 0. The lowest BCUT2D eigenvalue weighted by Gasteiger charge is -2.31. The fraction of sp³-hybridized carbons (Fsp3) is 0.263. The van der Waals surface area contributed by atoms with E-state index in [0.29, 0.717) is 24.6 Å². The molecule has 130 valence electrons. The van der Waals surface area contributed by atoms with Crippen molar-refractivity contribution in [3.05, 3.63) is 60.2 Å². The number of para-hydroxylation sites is 2. The van der Waals surface area contributed by atoms with Crippen molar-refractivity contribution in [3.8, 4) is 5.75 Å². The fourth-order valence-corrected chi connectivity index (χ4v) is 2.66. The van der Waals surface area contributed by atoms with E-state index in [9.17, 15) is 9.59 Å². The van der Waals surface area contributed by atoms with Crippen LogP contribution in [-0.2, 0) is 20.9 Å². The number of carbonyl (C=O) groups excluding carboxylic acids is 2. The van der Waals surface area contributed by atoms with Crippen LogP contribution in [-0.4, -0.2) is 31.1 Å². The minimum absolute atomic E-state index is 0.162. The molecule has 1 heterocycles. The third-order valence-corrected chi connectivity index (χ3v) is 3.94. The summed E-state index contributed by atoms with van der Waals surface area (Å²) in [6, 6.07) is 15.7. The Morgan fingerprint density at radius 3 is 2.64 bits per heavy atom. The summed E-state index contributed by atoms with van der Waals surface area (Å²) in [5.74, 6) is -0.167. The summed E-state index contributed by atoms with van der Waals surface area (Å²) in [6.07, 6.45) is -0.162. The SMILES string of the molecule is N[C@@H](CC(=O)OCc1ccccc1)C(=O)N1CCOc2ccccc21. The highest BCUT2D eigenvalue weighted by molar-refractivity contribution is 6.00. The molecule has 1 amide bonds. The molecular formula is C19H20N2O4. The molecule has 1 aliphatic heterocycles. The summed E-state index contributed by atoms with van der Waals surface area (Å²) in [4.78, 5) is 26.1. The van der Waals surface area contributed by atoms with Crippen molar-refractivity contribution >= 4 is 17.6 Å². The minimum atomic E-state index is -0.950. The lowest BCUT2D eigenvalue weighted by atomic mass is 10.1. The number of rotatable bonds is 5. The first-order valence-electron chi connectivity index (χ1n) is 8.13.